The highest BCUT2D eigenvalue weighted by atomic mass is 32.1. The van der Waals surface area contributed by atoms with Crippen LogP contribution in [0.2, 0.25) is 0 Å². The second-order valence-electron chi connectivity index (χ2n) is 6.04. The van der Waals surface area contributed by atoms with Gasteiger partial charge >= 0.3 is 12.1 Å². The summed E-state index contributed by atoms with van der Waals surface area (Å²) in [6, 6.07) is 20.3. The normalized spacial score (nSPS) is 11.4. The van der Waals surface area contributed by atoms with Gasteiger partial charge in [-0.3, -0.25) is 4.79 Å². The summed E-state index contributed by atoms with van der Waals surface area (Å²) in [6.07, 6.45) is -4.98. The third-order valence-electron chi connectivity index (χ3n) is 4.10. The van der Waals surface area contributed by atoms with Gasteiger partial charge in [0.1, 0.15) is 15.7 Å². The van der Waals surface area contributed by atoms with Gasteiger partial charge in [0, 0.05) is 21.6 Å². The van der Waals surface area contributed by atoms with E-state index in [4.69, 9.17) is 0 Å². The molecule has 0 bridgehead atoms. The number of carbonyl (C=O) groups is 1. The predicted octanol–water partition coefficient (Wildman–Crippen LogP) is 6.71. The van der Waals surface area contributed by atoms with E-state index in [-0.39, 0.29) is 5.00 Å². The van der Waals surface area contributed by atoms with Crippen molar-refractivity contribution in [2.45, 2.75) is 6.18 Å². The first-order chi connectivity index (χ1) is 13.9. The molecule has 0 fully saturated rings. The number of anilines is 1. The molecule has 0 spiro atoms. The van der Waals surface area contributed by atoms with Gasteiger partial charge in [0.05, 0.1) is 0 Å². The molecule has 0 radical (unpaired) electrons. The summed E-state index contributed by atoms with van der Waals surface area (Å²) in [7, 11) is 0. The summed E-state index contributed by atoms with van der Waals surface area (Å²) in [4.78, 5) is 17.2. The van der Waals surface area contributed by atoms with E-state index in [1.165, 1.54) is 0 Å². The van der Waals surface area contributed by atoms with E-state index in [0.717, 1.165) is 27.3 Å². The maximum Gasteiger partial charge on any atom is 0.471 e. The molecule has 2 heterocycles. The monoisotopic (exact) mass is 430 g/mol. The number of nitrogens with one attached hydrogen (secondary N) is 1. The molecular formula is C21H13F3N2OS2. The fourth-order valence-corrected chi connectivity index (χ4v) is 4.59. The maximum atomic E-state index is 12.8. The minimum atomic E-state index is -4.98. The maximum absolute atomic E-state index is 12.8. The number of hydrogen-bond donors (Lipinski definition) is 1. The van der Waals surface area contributed by atoms with E-state index in [9.17, 15) is 18.0 Å². The van der Waals surface area contributed by atoms with Crippen LogP contribution in [-0.2, 0) is 4.79 Å². The fourth-order valence-electron chi connectivity index (χ4n) is 2.80. The lowest BCUT2D eigenvalue weighted by Gasteiger charge is -2.07. The molecule has 2 aromatic carbocycles. The van der Waals surface area contributed by atoms with Crippen LogP contribution in [0.15, 0.2) is 72.1 Å². The van der Waals surface area contributed by atoms with Crippen LogP contribution in [0.25, 0.3) is 32.3 Å². The van der Waals surface area contributed by atoms with Gasteiger partial charge < -0.3 is 5.32 Å². The van der Waals surface area contributed by atoms with E-state index >= 15 is 0 Å². The minimum Gasteiger partial charge on any atom is -0.308 e. The number of thiophene rings is 1. The first kappa shape index (κ1) is 19.4. The Morgan fingerprint density at radius 3 is 2.24 bits per heavy atom. The Balaban J connectivity index is 1.84. The Labute approximate surface area is 172 Å². The summed E-state index contributed by atoms with van der Waals surface area (Å²) < 4.78 is 38.5. The molecule has 0 aliphatic carbocycles. The Hall–Kier alpha value is -2.97. The molecule has 0 aliphatic heterocycles. The molecular weight excluding hydrogens is 417 g/mol. The van der Waals surface area contributed by atoms with Crippen LogP contribution in [0.5, 0.6) is 0 Å². The number of thiazole rings is 1. The first-order valence-electron chi connectivity index (χ1n) is 8.51. The zero-order valence-electron chi connectivity index (χ0n) is 14.7. The van der Waals surface area contributed by atoms with Crippen molar-refractivity contribution < 1.29 is 18.0 Å². The van der Waals surface area contributed by atoms with Crippen molar-refractivity contribution >= 4 is 33.6 Å². The zero-order valence-corrected chi connectivity index (χ0v) is 16.4. The number of rotatable bonds is 4. The minimum absolute atomic E-state index is 0.0644. The second-order valence-corrected chi connectivity index (χ2v) is 7.98. The summed E-state index contributed by atoms with van der Waals surface area (Å²) in [5, 5.41) is 4.54. The molecule has 29 heavy (non-hydrogen) atoms. The molecule has 0 saturated heterocycles. The fraction of sp³-hybridized carbons (Fsp3) is 0.0476. The van der Waals surface area contributed by atoms with E-state index in [1.807, 2.05) is 47.1 Å². The second kappa shape index (κ2) is 7.81. The Bertz CT molecular complexity index is 1140. The van der Waals surface area contributed by atoms with Gasteiger partial charge in [0.2, 0.25) is 0 Å². The van der Waals surface area contributed by atoms with Gasteiger partial charge in [-0.1, -0.05) is 72.0 Å². The summed E-state index contributed by atoms with van der Waals surface area (Å²) in [6.45, 7) is 0. The molecule has 0 atom stereocenters. The van der Waals surface area contributed by atoms with Gasteiger partial charge in [0.15, 0.2) is 0 Å². The SMILES string of the molecule is O=C(Nc1sc(-c2ccccc2-c2cccs2)nc1-c1ccccc1)C(F)(F)F. The summed E-state index contributed by atoms with van der Waals surface area (Å²) in [5.41, 5.74) is 2.67. The van der Waals surface area contributed by atoms with Crippen molar-refractivity contribution in [1.82, 2.24) is 4.98 Å². The average Bonchev–Trinajstić information content (AvgIpc) is 3.38. The van der Waals surface area contributed by atoms with Crippen LogP contribution in [0.1, 0.15) is 0 Å². The van der Waals surface area contributed by atoms with Crippen LogP contribution >= 0.6 is 22.7 Å². The number of amides is 1. The van der Waals surface area contributed by atoms with Gasteiger partial charge in [-0.25, -0.2) is 4.98 Å². The van der Waals surface area contributed by atoms with Gasteiger partial charge in [-0.05, 0) is 11.4 Å². The van der Waals surface area contributed by atoms with Crippen LogP contribution in [0, 0.1) is 0 Å². The molecule has 1 N–H and O–H groups in total. The third kappa shape index (κ3) is 4.08. The number of halogens is 3. The smallest absolute Gasteiger partial charge is 0.308 e. The predicted molar refractivity (Wildman–Crippen MR) is 111 cm³/mol. The standard InChI is InChI=1S/C21H13F3N2OS2/c22-21(23,24)20(27)26-19-17(13-7-2-1-3-8-13)25-18(29-19)15-10-5-4-9-14(15)16-11-6-12-28-16/h1-12H,(H,26,27). The van der Waals surface area contributed by atoms with E-state index < -0.39 is 12.1 Å². The van der Waals surface area contributed by atoms with Crippen molar-refractivity contribution in [3.05, 3.63) is 72.1 Å². The molecule has 2 aromatic heterocycles. The third-order valence-corrected chi connectivity index (χ3v) is 6.01. The van der Waals surface area contributed by atoms with Crippen molar-refractivity contribution in [1.29, 1.82) is 0 Å². The lowest BCUT2D eigenvalue weighted by molar-refractivity contribution is -0.167. The van der Waals surface area contributed by atoms with Gasteiger partial charge in [-0.15, -0.1) is 11.3 Å². The van der Waals surface area contributed by atoms with E-state index in [0.29, 0.717) is 16.3 Å². The van der Waals surface area contributed by atoms with Gasteiger partial charge in [-0.2, -0.15) is 13.2 Å². The van der Waals surface area contributed by atoms with E-state index in [1.54, 1.807) is 41.7 Å². The average molecular weight is 430 g/mol. The lowest BCUT2D eigenvalue weighted by Crippen LogP contribution is -2.29. The summed E-state index contributed by atoms with van der Waals surface area (Å²) >= 11 is 2.59. The molecule has 0 aliphatic rings. The van der Waals surface area contributed by atoms with Crippen molar-refractivity contribution in [2.75, 3.05) is 5.32 Å². The number of hydrogen-bond acceptors (Lipinski definition) is 4. The number of benzene rings is 2. The molecule has 0 unspecified atom stereocenters. The molecule has 1 amide bonds. The topological polar surface area (TPSA) is 42.0 Å². The number of nitrogens with zero attached hydrogens (tertiary/aromatic N) is 1. The highest BCUT2D eigenvalue weighted by Crippen LogP contribution is 2.42. The zero-order chi connectivity index (χ0) is 20.4. The van der Waals surface area contributed by atoms with Crippen LogP contribution in [0.3, 0.4) is 0 Å². The molecule has 146 valence electrons. The largest absolute Gasteiger partial charge is 0.471 e. The Kier molecular flexibility index (Phi) is 5.21. The van der Waals surface area contributed by atoms with Gasteiger partial charge in [0.25, 0.3) is 0 Å². The number of carbonyl (C=O) groups excluding carboxylic acids is 1. The Morgan fingerprint density at radius 2 is 1.59 bits per heavy atom. The number of aromatic nitrogens is 1. The number of alkyl halides is 3. The highest BCUT2D eigenvalue weighted by Gasteiger charge is 2.39. The van der Waals surface area contributed by atoms with Crippen LogP contribution < -0.4 is 5.32 Å². The molecule has 4 rings (SSSR count). The first-order valence-corrected chi connectivity index (χ1v) is 10.2. The van der Waals surface area contributed by atoms with Crippen molar-refractivity contribution in [3.8, 4) is 32.3 Å². The highest BCUT2D eigenvalue weighted by molar-refractivity contribution is 7.19. The molecule has 4 aromatic rings. The molecule has 0 saturated carbocycles. The summed E-state index contributed by atoms with van der Waals surface area (Å²) in [5.74, 6) is -2.02. The lowest BCUT2D eigenvalue weighted by atomic mass is 10.1. The van der Waals surface area contributed by atoms with Crippen LogP contribution in [0.4, 0.5) is 18.2 Å². The Morgan fingerprint density at radius 1 is 0.897 bits per heavy atom. The molecule has 8 heteroatoms. The quantitative estimate of drug-likeness (QED) is 0.391. The van der Waals surface area contributed by atoms with E-state index in [2.05, 4.69) is 4.98 Å². The van der Waals surface area contributed by atoms with Crippen molar-refractivity contribution in [3.63, 3.8) is 0 Å². The molecule has 3 nitrogen and oxygen atoms in total. The van der Waals surface area contributed by atoms with Crippen LogP contribution in [-0.4, -0.2) is 17.1 Å². The van der Waals surface area contributed by atoms with Crippen molar-refractivity contribution in [2.24, 2.45) is 0 Å².